The van der Waals surface area contributed by atoms with Gasteiger partial charge in [0.1, 0.15) is 23.0 Å². The maximum Gasteiger partial charge on any atom is 0.344 e. The molecule has 43 heavy (non-hydrogen) atoms. The van der Waals surface area contributed by atoms with E-state index in [1.807, 2.05) is 25.1 Å². The van der Waals surface area contributed by atoms with E-state index in [0.29, 0.717) is 39.5 Å². The lowest BCUT2D eigenvalue weighted by atomic mass is 10.0. The lowest BCUT2D eigenvalue weighted by Gasteiger charge is -2.16. The minimum atomic E-state index is -0.780. The van der Waals surface area contributed by atoms with Crippen LogP contribution in [-0.2, 0) is 22.6 Å². The zero-order valence-electron chi connectivity index (χ0n) is 24.0. The molecule has 0 spiro atoms. The van der Waals surface area contributed by atoms with Crippen molar-refractivity contribution in [3.8, 4) is 17.6 Å². The number of thioether (sulfide) groups is 1. The van der Waals surface area contributed by atoms with Gasteiger partial charge in [-0.3, -0.25) is 4.79 Å². The van der Waals surface area contributed by atoms with Crippen LogP contribution >= 0.6 is 11.8 Å². The normalized spacial score (nSPS) is 14.5. The van der Waals surface area contributed by atoms with Gasteiger partial charge in [-0.25, -0.2) is 9.79 Å². The van der Waals surface area contributed by atoms with Gasteiger partial charge in [-0.1, -0.05) is 53.7 Å². The highest BCUT2D eigenvalue weighted by atomic mass is 32.2. The fourth-order valence-corrected chi connectivity index (χ4v) is 5.30. The van der Waals surface area contributed by atoms with Crippen LogP contribution in [0.1, 0.15) is 45.1 Å². The van der Waals surface area contributed by atoms with Crippen molar-refractivity contribution in [1.29, 1.82) is 5.26 Å². The van der Waals surface area contributed by atoms with E-state index >= 15 is 0 Å². The molecule has 0 bridgehead atoms. The summed E-state index contributed by atoms with van der Waals surface area (Å²) < 4.78 is 17.0. The third-order valence-corrected chi connectivity index (χ3v) is 7.44. The molecule has 0 atom stereocenters. The zero-order valence-corrected chi connectivity index (χ0v) is 24.9. The van der Waals surface area contributed by atoms with Crippen molar-refractivity contribution in [3.63, 3.8) is 0 Å². The Morgan fingerprint density at radius 2 is 1.86 bits per heavy atom. The number of amides is 1. The predicted octanol–water partition coefficient (Wildman–Crippen LogP) is 6.88. The largest absolute Gasteiger partial charge is 0.506 e. The first-order valence-electron chi connectivity index (χ1n) is 13.4. The number of aryl methyl sites for hydroxylation is 1. The van der Waals surface area contributed by atoms with Gasteiger partial charge in [-0.2, -0.15) is 5.26 Å². The zero-order chi connectivity index (χ0) is 30.9. The molecule has 3 aromatic carbocycles. The molecule has 3 aromatic rings. The first-order chi connectivity index (χ1) is 20.8. The summed E-state index contributed by atoms with van der Waals surface area (Å²) >= 11 is 0.993. The quantitative estimate of drug-likeness (QED) is 0.199. The Morgan fingerprint density at radius 1 is 1.12 bits per heavy atom. The summed E-state index contributed by atoms with van der Waals surface area (Å²) in [4.78, 5) is 30.2. The minimum absolute atomic E-state index is 0.0437. The van der Waals surface area contributed by atoms with Gasteiger partial charge < -0.3 is 19.3 Å². The summed E-state index contributed by atoms with van der Waals surface area (Å²) in [6, 6.07) is 19.8. The number of nitrogens with zero attached hydrogens (tertiary/aromatic N) is 2. The smallest absolute Gasteiger partial charge is 0.344 e. The number of carbonyl (C=O) groups is 2. The van der Waals surface area contributed by atoms with Crippen molar-refractivity contribution in [1.82, 2.24) is 0 Å². The summed E-state index contributed by atoms with van der Waals surface area (Å²) in [7, 11) is 1.52. The van der Waals surface area contributed by atoms with Crippen molar-refractivity contribution in [2.45, 2.75) is 26.9 Å². The number of esters is 1. The van der Waals surface area contributed by atoms with Crippen LogP contribution < -0.4 is 9.47 Å². The van der Waals surface area contributed by atoms with Gasteiger partial charge in [-0.15, -0.1) is 6.58 Å². The van der Waals surface area contributed by atoms with Crippen LogP contribution in [0.2, 0.25) is 0 Å². The van der Waals surface area contributed by atoms with E-state index in [4.69, 9.17) is 14.2 Å². The lowest BCUT2D eigenvalue weighted by molar-refractivity contribution is -0.138. The van der Waals surface area contributed by atoms with Crippen LogP contribution in [0, 0.1) is 18.3 Å². The molecule has 0 aliphatic carbocycles. The van der Waals surface area contributed by atoms with E-state index in [2.05, 4.69) is 17.6 Å². The molecule has 1 aliphatic rings. The Labute approximate surface area is 254 Å². The molecular weight excluding hydrogens is 564 g/mol. The molecule has 9 heteroatoms. The van der Waals surface area contributed by atoms with Crippen LogP contribution in [0.25, 0.3) is 6.08 Å². The molecule has 0 fully saturated rings. The number of rotatable bonds is 10. The van der Waals surface area contributed by atoms with Crippen molar-refractivity contribution in [2.24, 2.45) is 4.99 Å². The third-order valence-electron chi connectivity index (χ3n) is 6.42. The highest BCUT2D eigenvalue weighted by Crippen LogP contribution is 2.41. The standard InChI is InChI=1S/C34H30N2O6S/c1-5-9-24-16-22(17-27(40-4)31(24)42-20-26-11-8-7-10-25(26)19-35)18-28-30(37)29(34(39)41-6-2)33(43-28)36-32(38)23-14-12-21(3)13-15-23/h5,7-8,10-18,37H,1,6,9,20H2,2-4H3/b28-18-,36-33?. The Balaban J connectivity index is 1.72. The van der Waals surface area contributed by atoms with Gasteiger partial charge in [-0.05, 0) is 62.2 Å². The number of hydrogen-bond donors (Lipinski definition) is 1. The topological polar surface area (TPSA) is 118 Å². The number of nitriles is 1. The number of aliphatic hydroxyl groups excluding tert-OH is 1. The van der Waals surface area contributed by atoms with E-state index in [9.17, 15) is 20.0 Å². The van der Waals surface area contributed by atoms with Gasteiger partial charge in [0.05, 0.1) is 30.3 Å². The average molecular weight is 595 g/mol. The molecule has 0 unspecified atom stereocenters. The second-order valence-corrected chi connectivity index (χ2v) is 10.4. The average Bonchev–Trinajstić information content (AvgIpc) is 3.30. The molecule has 8 nitrogen and oxygen atoms in total. The number of hydrogen-bond acceptors (Lipinski definition) is 8. The Kier molecular flexibility index (Phi) is 10.2. The van der Waals surface area contributed by atoms with Crippen LogP contribution in [0.3, 0.4) is 0 Å². The van der Waals surface area contributed by atoms with Crippen molar-refractivity contribution >= 4 is 34.8 Å². The number of benzene rings is 3. The van der Waals surface area contributed by atoms with Crippen LogP contribution in [-0.4, -0.2) is 35.7 Å². The molecule has 0 radical (unpaired) electrons. The summed E-state index contributed by atoms with van der Waals surface area (Å²) in [5.41, 5.74) is 3.82. The van der Waals surface area contributed by atoms with Gasteiger partial charge in [0.15, 0.2) is 11.5 Å². The van der Waals surface area contributed by atoms with E-state index in [-0.39, 0.29) is 29.6 Å². The van der Waals surface area contributed by atoms with Crippen LogP contribution in [0.5, 0.6) is 11.5 Å². The second kappa shape index (κ2) is 14.2. The van der Waals surface area contributed by atoms with E-state index in [0.717, 1.165) is 28.5 Å². The maximum atomic E-state index is 12.9. The summed E-state index contributed by atoms with van der Waals surface area (Å²) in [5.74, 6) is -0.738. The lowest BCUT2D eigenvalue weighted by Crippen LogP contribution is -2.14. The number of carbonyl (C=O) groups excluding carboxylic acids is 2. The SMILES string of the molecule is C=CCc1cc(/C=C2\SC(=NC(=O)c3ccc(C)cc3)C(C(=O)OCC)=C2O)cc(OC)c1OCc1ccccc1C#N. The van der Waals surface area contributed by atoms with Crippen molar-refractivity contribution in [2.75, 3.05) is 13.7 Å². The Bertz CT molecular complexity index is 1700. The fraction of sp³-hybridized carbons (Fsp3) is 0.176. The van der Waals surface area contributed by atoms with Gasteiger partial charge >= 0.3 is 5.97 Å². The Morgan fingerprint density at radius 3 is 2.53 bits per heavy atom. The first kappa shape index (κ1) is 30.9. The van der Waals surface area contributed by atoms with E-state index in [1.165, 1.54) is 7.11 Å². The number of aliphatic hydroxyl groups is 1. The van der Waals surface area contributed by atoms with Gasteiger partial charge in [0.2, 0.25) is 0 Å². The highest BCUT2D eigenvalue weighted by molar-refractivity contribution is 8.18. The monoisotopic (exact) mass is 594 g/mol. The second-order valence-electron chi connectivity index (χ2n) is 9.40. The minimum Gasteiger partial charge on any atom is -0.506 e. The molecule has 4 rings (SSSR count). The number of methoxy groups -OCH3 is 1. The summed E-state index contributed by atoms with van der Waals surface area (Å²) in [6.07, 6.45) is 3.84. The molecule has 0 saturated heterocycles. The first-order valence-corrected chi connectivity index (χ1v) is 14.2. The molecule has 0 aromatic heterocycles. The van der Waals surface area contributed by atoms with Crippen molar-refractivity contribution in [3.05, 3.63) is 123 Å². The molecule has 1 N–H and O–H groups in total. The molecule has 0 saturated carbocycles. The predicted molar refractivity (Wildman–Crippen MR) is 167 cm³/mol. The van der Waals surface area contributed by atoms with Gasteiger partial charge in [0.25, 0.3) is 5.91 Å². The fourth-order valence-electron chi connectivity index (χ4n) is 4.29. The van der Waals surface area contributed by atoms with Gasteiger partial charge in [0, 0.05) is 16.7 Å². The number of ether oxygens (including phenoxy) is 3. The number of aliphatic imine (C=N–C) groups is 1. The van der Waals surface area contributed by atoms with Crippen molar-refractivity contribution < 1.29 is 28.9 Å². The molecule has 1 amide bonds. The molecule has 1 aliphatic heterocycles. The van der Waals surface area contributed by atoms with Crippen LogP contribution in [0.4, 0.5) is 0 Å². The van der Waals surface area contributed by atoms with Crippen LogP contribution in [0.15, 0.2) is 94.5 Å². The summed E-state index contributed by atoms with van der Waals surface area (Å²) in [5, 5.41) is 20.6. The van der Waals surface area contributed by atoms with E-state index < -0.39 is 11.9 Å². The Hall–Kier alpha value is -5.07. The molecule has 1 heterocycles. The molecule has 218 valence electrons. The third kappa shape index (κ3) is 7.23. The molecular formula is C34H30N2O6S. The van der Waals surface area contributed by atoms with E-state index in [1.54, 1.807) is 61.5 Å². The maximum absolute atomic E-state index is 12.9. The highest BCUT2D eigenvalue weighted by Gasteiger charge is 2.34. The number of allylic oxidation sites excluding steroid dienone is 1. The summed E-state index contributed by atoms with van der Waals surface area (Å²) in [6.45, 7) is 7.65.